The summed E-state index contributed by atoms with van der Waals surface area (Å²) >= 11 is 5.75. The number of anilines is 3. The Morgan fingerprint density at radius 1 is 1.06 bits per heavy atom. The molecule has 1 heterocycles. The van der Waals surface area contributed by atoms with Crippen molar-refractivity contribution in [3.8, 4) is 0 Å². The zero-order valence-corrected chi connectivity index (χ0v) is 16.0. The maximum Gasteiger partial charge on any atom is 0.416 e. The first-order chi connectivity index (χ1) is 14.6. The number of alkyl halides is 3. The van der Waals surface area contributed by atoms with Crippen molar-refractivity contribution in [2.24, 2.45) is 0 Å². The van der Waals surface area contributed by atoms with Crippen LogP contribution in [0.4, 0.5) is 36.2 Å². The molecule has 9 nitrogen and oxygen atoms in total. The first-order valence-corrected chi connectivity index (χ1v) is 8.78. The van der Waals surface area contributed by atoms with E-state index in [1.54, 1.807) is 0 Å². The minimum absolute atomic E-state index is 0.0761. The van der Waals surface area contributed by atoms with Crippen molar-refractivity contribution < 1.29 is 22.9 Å². The fourth-order valence-electron chi connectivity index (χ4n) is 2.43. The highest BCUT2D eigenvalue weighted by atomic mass is 35.5. The average Bonchev–Trinajstić information content (AvgIpc) is 2.72. The number of hydrogen-bond acceptors (Lipinski definition) is 7. The van der Waals surface area contributed by atoms with E-state index in [1.807, 2.05) is 0 Å². The summed E-state index contributed by atoms with van der Waals surface area (Å²) in [7, 11) is 0. The lowest BCUT2D eigenvalue weighted by molar-refractivity contribution is -0.383. The number of carbonyl (C=O) groups excluding carboxylic acids is 1. The Hall–Kier alpha value is -3.93. The first-order valence-electron chi connectivity index (χ1n) is 8.41. The summed E-state index contributed by atoms with van der Waals surface area (Å²) < 4.78 is 38.7. The third-order valence-electron chi connectivity index (χ3n) is 3.86. The zero-order chi connectivity index (χ0) is 22.6. The molecule has 1 aromatic heterocycles. The van der Waals surface area contributed by atoms with Gasteiger partial charge >= 0.3 is 11.9 Å². The van der Waals surface area contributed by atoms with Crippen molar-refractivity contribution in [2.75, 3.05) is 10.7 Å². The fourth-order valence-corrected chi connectivity index (χ4v) is 2.56. The molecular weight excluding hydrogens is 441 g/mol. The quantitative estimate of drug-likeness (QED) is 0.370. The van der Waals surface area contributed by atoms with Gasteiger partial charge in [0.05, 0.1) is 10.5 Å². The number of nitro groups is 1. The lowest BCUT2D eigenvalue weighted by Crippen LogP contribution is -2.30. The van der Waals surface area contributed by atoms with Crippen molar-refractivity contribution in [1.82, 2.24) is 15.4 Å². The molecule has 0 aliphatic carbocycles. The SMILES string of the molecule is O=C(NNc1ncnc(Nc2cccc(C(F)(F)F)c2)c1[N+](=O)[O-])c1ccc(Cl)cc1. The van der Waals surface area contributed by atoms with Crippen LogP contribution in [-0.2, 0) is 6.18 Å². The minimum Gasteiger partial charge on any atom is -0.334 e. The molecule has 0 aliphatic heterocycles. The van der Waals surface area contributed by atoms with Crippen LogP contribution in [0.3, 0.4) is 0 Å². The highest BCUT2D eigenvalue weighted by Gasteiger charge is 2.31. The lowest BCUT2D eigenvalue weighted by Gasteiger charge is -2.12. The van der Waals surface area contributed by atoms with Gasteiger partial charge in [-0.25, -0.2) is 9.97 Å². The van der Waals surface area contributed by atoms with E-state index in [9.17, 15) is 28.1 Å². The molecule has 0 radical (unpaired) electrons. The predicted molar refractivity (Wildman–Crippen MR) is 106 cm³/mol. The number of nitrogens with one attached hydrogen (secondary N) is 3. The van der Waals surface area contributed by atoms with Gasteiger partial charge in [0, 0.05) is 16.3 Å². The largest absolute Gasteiger partial charge is 0.416 e. The number of hydrogen-bond donors (Lipinski definition) is 3. The summed E-state index contributed by atoms with van der Waals surface area (Å²) in [5.74, 6) is -1.38. The third kappa shape index (κ3) is 5.36. The smallest absolute Gasteiger partial charge is 0.334 e. The molecule has 3 rings (SSSR count). The number of rotatable bonds is 6. The van der Waals surface area contributed by atoms with Crippen LogP contribution in [0.15, 0.2) is 54.9 Å². The Labute approximate surface area is 177 Å². The van der Waals surface area contributed by atoms with Gasteiger partial charge in [-0.05, 0) is 42.5 Å². The Balaban J connectivity index is 1.84. The number of amides is 1. The molecule has 0 unspecified atom stereocenters. The molecule has 2 aromatic carbocycles. The van der Waals surface area contributed by atoms with Crippen molar-refractivity contribution in [2.45, 2.75) is 6.18 Å². The number of nitrogens with zero attached hydrogens (tertiary/aromatic N) is 3. The molecule has 0 saturated carbocycles. The van der Waals surface area contributed by atoms with Gasteiger partial charge in [0.15, 0.2) is 0 Å². The summed E-state index contributed by atoms with van der Waals surface area (Å²) in [5.41, 5.74) is 3.09. The molecule has 1 amide bonds. The fraction of sp³-hybridized carbons (Fsp3) is 0.0556. The Kier molecular flexibility index (Phi) is 6.20. The second kappa shape index (κ2) is 8.83. The molecule has 13 heteroatoms. The molecule has 0 atom stereocenters. The maximum atomic E-state index is 12.9. The minimum atomic E-state index is -4.59. The molecule has 3 aromatic rings. The number of aromatic nitrogens is 2. The van der Waals surface area contributed by atoms with E-state index in [-0.39, 0.29) is 22.9 Å². The molecule has 160 valence electrons. The normalized spacial score (nSPS) is 11.0. The summed E-state index contributed by atoms with van der Waals surface area (Å²) in [5, 5.41) is 14.4. The van der Waals surface area contributed by atoms with E-state index in [1.165, 1.54) is 30.3 Å². The van der Waals surface area contributed by atoms with Gasteiger partial charge in [-0.3, -0.25) is 25.8 Å². The van der Waals surface area contributed by atoms with Gasteiger partial charge in [-0.15, -0.1) is 0 Å². The Bertz CT molecular complexity index is 1130. The molecule has 0 aliphatic rings. The Morgan fingerprint density at radius 2 is 1.74 bits per heavy atom. The van der Waals surface area contributed by atoms with E-state index < -0.39 is 28.3 Å². The van der Waals surface area contributed by atoms with Gasteiger partial charge in [0.25, 0.3) is 5.91 Å². The maximum absolute atomic E-state index is 12.9. The van der Waals surface area contributed by atoms with Crippen LogP contribution in [0, 0.1) is 10.1 Å². The topological polar surface area (TPSA) is 122 Å². The van der Waals surface area contributed by atoms with Crippen molar-refractivity contribution >= 4 is 40.5 Å². The number of hydrazine groups is 1. The van der Waals surface area contributed by atoms with Crippen LogP contribution >= 0.6 is 11.6 Å². The number of benzene rings is 2. The van der Waals surface area contributed by atoms with Gasteiger partial charge in [-0.2, -0.15) is 13.2 Å². The van der Waals surface area contributed by atoms with Crippen molar-refractivity contribution in [3.63, 3.8) is 0 Å². The second-order valence-corrected chi connectivity index (χ2v) is 6.40. The van der Waals surface area contributed by atoms with E-state index in [0.29, 0.717) is 5.02 Å². The molecular formula is C18H12ClF3N6O3. The molecule has 31 heavy (non-hydrogen) atoms. The van der Waals surface area contributed by atoms with E-state index >= 15 is 0 Å². The van der Waals surface area contributed by atoms with Crippen LogP contribution < -0.4 is 16.2 Å². The summed E-state index contributed by atoms with van der Waals surface area (Å²) in [6.07, 6.45) is -3.65. The van der Waals surface area contributed by atoms with Crippen LogP contribution in [-0.4, -0.2) is 20.8 Å². The summed E-state index contributed by atoms with van der Waals surface area (Å²) in [6.45, 7) is 0. The highest BCUT2D eigenvalue weighted by molar-refractivity contribution is 6.30. The van der Waals surface area contributed by atoms with Crippen LogP contribution in [0.5, 0.6) is 0 Å². The second-order valence-electron chi connectivity index (χ2n) is 5.97. The molecule has 0 saturated heterocycles. The standard InChI is InChI=1S/C18H12ClF3N6O3/c19-12-6-4-10(5-7-12)17(29)27-26-16-14(28(30)31)15(23-9-24-16)25-13-3-1-2-11(8-13)18(20,21)22/h1-9H,(H,27,29)(H2,23,24,25,26). The monoisotopic (exact) mass is 452 g/mol. The van der Waals surface area contributed by atoms with E-state index in [4.69, 9.17) is 11.6 Å². The molecule has 0 spiro atoms. The number of carbonyl (C=O) groups is 1. The Morgan fingerprint density at radius 3 is 2.39 bits per heavy atom. The number of halogens is 4. The molecule has 0 bridgehead atoms. The van der Waals surface area contributed by atoms with E-state index in [0.717, 1.165) is 24.5 Å². The molecule has 0 fully saturated rings. The van der Waals surface area contributed by atoms with Crippen LogP contribution in [0.2, 0.25) is 5.02 Å². The summed E-state index contributed by atoms with van der Waals surface area (Å²) in [4.78, 5) is 30.3. The first kappa shape index (κ1) is 21.8. The van der Waals surface area contributed by atoms with Crippen molar-refractivity contribution in [1.29, 1.82) is 0 Å². The predicted octanol–water partition coefficient (Wildman–Crippen LogP) is 4.56. The average molecular weight is 453 g/mol. The molecule has 3 N–H and O–H groups in total. The lowest BCUT2D eigenvalue weighted by atomic mass is 10.2. The summed E-state index contributed by atoms with van der Waals surface area (Å²) in [6, 6.07) is 9.92. The van der Waals surface area contributed by atoms with Crippen LogP contribution in [0.25, 0.3) is 0 Å². The van der Waals surface area contributed by atoms with Gasteiger partial charge < -0.3 is 5.32 Å². The van der Waals surface area contributed by atoms with Gasteiger partial charge in [0.2, 0.25) is 11.6 Å². The zero-order valence-electron chi connectivity index (χ0n) is 15.3. The van der Waals surface area contributed by atoms with E-state index in [2.05, 4.69) is 26.1 Å². The van der Waals surface area contributed by atoms with Crippen molar-refractivity contribution in [3.05, 3.63) is 81.1 Å². The highest BCUT2D eigenvalue weighted by Crippen LogP contribution is 2.34. The van der Waals surface area contributed by atoms with Crippen LogP contribution in [0.1, 0.15) is 15.9 Å². The van der Waals surface area contributed by atoms with Gasteiger partial charge in [-0.1, -0.05) is 17.7 Å². The third-order valence-corrected chi connectivity index (χ3v) is 4.11. The van der Waals surface area contributed by atoms with Gasteiger partial charge in [0.1, 0.15) is 6.33 Å².